The van der Waals surface area contributed by atoms with Crippen LogP contribution < -0.4 is 11.1 Å². The molecule has 0 fully saturated rings. The normalized spacial score (nSPS) is 13.0. The topological polar surface area (TPSA) is 98.5 Å². The second kappa shape index (κ2) is 7.11. The van der Waals surface area contributed by atoms with Gasteiger partial charge in [-0.1, -0.05) is 25.5 Å². The van der Waals surface area contributed by atoms with Crippen LogP contribution >= 0.6 is 0 Å². The summed E-state index contributed by atoms with van der Waals surface area (Å²) in [6, 6.07) is 8.31. The second-order valence-electron chi connectivity index (χ2n) is 7.87. The maximum Gasteiger partial charge on any atom is 0.412 e. The number of carbonyl (C=O) groups is 3. The Morgan fingerprint density at radius 3 is 2.36 bits per heavy atom. The van der Waals surface area contributed by atoms with Crippen LogP contribution in [0.2, 0.25) is 0 Å². The Kier molecular flexibility index (Phi) is 4.98. The Hall–Kier alpha value is -3.15. The zero-order valence-corrected chi connectivity index (χ0v) is 16.5. The van der Waals surface area contributed by atoms with E-state index < -0.39 is 11.7 Å². The van der Waals surface area contributed by atoms with Gasteiger partial charge in [-0.3, -0.25) is 14.9 Å². The summed E-state index contributed by atoms with van der Waals surface area (Å²) in [6.07, 6.45) is 1.03. The van der Waals surface area contributed by atoms with Gasteiger partial charge in [0.15, 0.2) is 11.6 Å². The molecule has 0 saturated heterocycles. The number of ether oxygens (including phenoxy) is 1. The summed E-state index contributed by atoms with van der Waals surface area (Å²) in [5.41, 5.74) is 7.61. The average molecular weight is 380 g/mol. The van der Waals surface area contributed by atoms with E-state index in [4.69, 9.17) is 10.5 Å². The SMILES string of the molecule is CCCc1ccc2c(c1)C(=O)c1c(NC(=O)OC(C)(C)C)ccc(N)c1C2=O. The summed E-state index contributed by atoms with van der Waals surface area (Å²) in [5.74, 6) is -0.654. The Bertz CT molecular complexity index is 987. The third-order valence-electron chi connectivity index (χ3n) is 4.44. The van der Waals surface area contributed by atoms with Gasteiger partial charge in [-0.15, -0.1) is 0 Å². The molecule has 6 nitrogen and oxygen atoms in total. The highest BCUT2D eigenvalue weighted by molar-refractivity contribution is 6.32. The fourth-order valence-electron chi connectivity index (χ4n) is 3.31. The van der Waals surface area contributed by atoms with E-state index in [2.05, 4.69) is 5.32 Å². The summed E-state index contributed by atoms with van der Waals surface area (Å²) in [4.78, 5) is 38.5. The van der Waals surface area contributed by atoms with Crippen molar-refractivity contribution in [1.82, 2.24) is 0 Å². The first kappa shape index (κ1) is 19.6. The van der Waals surface area contributed by atoms with E-state index in [9.17, 15) is 14.4 Å². The van der Waals surface area contributed by atoms with Crippen LogP contribution in [0.3, 0.4) is 0 Å². The summed E-state index contributed by atoms with van der Waals surface area (Å²) >= 11 is 0. The predicted octanol–water partition coefficient (Wildman–Crippen LogP) is 4.34. The molecule has 0 aliphatic heterocycles. The Balaban J connectivity index is 2.08. The van der Waals surface area contributed by atoms with E-state index in [0.29, 0.717) is 11.1 Å². The van der Waals surface area contributed by atoms with Gasteiger partial charge in [-0.05, 0) is 51.0 Å². The van der Waals surface area contributed by atoms with Crippen LogP contribution in [0.4, 0.5) is 16.2 Å². The lowest BCUT2D eigenvalue weighted by Gasteiger charge is -2.24. The molecular weight excluding hydrogens is 356 g/mol. The first-order chi connectivity index (χ1) is 13.1. The standard InChI is InChI=1S/C22H24N2O4/c1-5-6-12-7-8-13-14(11-12)20(26)18-16(24-21(27)28-22(2,3)4)10-9-15(23)17(18)19(13)25/h7-11H,5-6,23H2,1-4H3,(H,24,27). The third kappa shape index (κ3) is 3.63. The zero-order valence-electron chi connectivity index (χ0n) is 16.5. The zero-order chi connectivity index (χ0) is 20.6. The van der Waals surface area contributed by atoms with Crippen LogP contribution in [0.5, 0.6) is 0 Å². The lowest BCUT2D eigenvalue weighted by Crippen LogP contribution is -2.29. The number of benzene rings is 2. The molecule has 0 radical (unpaired) electrons. The van der Waals surface area contributed by atoms with Crippen molar-refractivity contribution in [2.24, 2.45) is 0 Å². The fourth-order valence-corrected chi connectivity index (χ4v) is 3.31. The molecule has 6 heteroatoms. The van der Waals surface area contributed by atoms with E-state index in [1.807, 2.05) is 13.0 Å². The number of nitrogens with one attached hydrogen (secondary N) is 1. The van der Waals surface area contributed by atoms with Crippen molar-refractivity contribution in [1.29, 1.82) is 0 Å². The van der Waals surface area contributed by atoms with Crippen molar-refractivity contribution < 1.29 is 19.1 Å². The molecule has 2 aromatic rings. The smallest absolute Gasteiger partial charge is 0.412 e. The molecule has 3 N–H and O–H groups in total. The van der Waals surface area contributed by atoms with Crippen LogP contribution in [0.25, 0.3) is 0 Å². The molecule has 0 spiro atoms. The van der Waals surface area contributed by atoms with E-state index in [1.54, 1.807) is 32.9 Å². The molecule has 0 atom stereocenters. The van der Waals surface area contributed by atoms with Crippen molar-refractivity contribution in [2.75, 3.05) is 11.1 Å². The number of anilines is 2. The molecule has 0 heterocycles. The molecule has 0 aromatic heterocycles. The number of nitrogen functional groups attached to an aromatic ring is 1. The van der Waals surface area contributed by atoms with Gasteiger partial charge in [-0.2, -0.15) is 0 Å². The first-order valence-electron chi connectivity index (χ1n) is 9.27. The quantitative estimate of drug-likeness (QED) is 0.659. The fraction of sp³-hybridized carbons (Fsp3) is 0.318. The number of aryl methyl sites for hydroxylation is 1. The van der Waals surface area contributed by atoms with Crippen LogP contribution in [0.15, 0.2) is 30.3 Å². The third-order valence-corrected chi connectivity index (χ3v) is 4.44. The molecule has 1 aliphatic rings. The molecule has 0 unspecified atom stereocenters. The minimum atomic E-state index is -0.703. The van der Waals surface area contributed by atoms with Gasteiger partial charge < -0.3 is 10.5 Å². The molecule has 3 rings (SSSR count). The summed E-state index contributed by atoms with van der Waals surface area (Å²) < 4.78 is 5.27. The van der Waals surface area contributed by atoms with E-state index in [1.165, 1.54) is 12.1 Å². The van der Waals surface area contributed by atoms with E-state index >= 15 is 0 Å². The van der Waals surface area contributed by atoms with Gasteiger partial charge in [0.05, 0.1) is 16.8 Å². The van der Waals surface area contributed by atoms with Gasteiger partial charge in [0.25, 0.3) is 0 Å². The molecule has 0 saturated carbocycles. The lowest BCUT2D eigenvalue weighted by molar-refractivity contribution is 0.0635. The van der Waals surface area contributed by atoms with E-state index in [0.717, 1.165) is 18.4 Å². The van der Waals surface area contributed by atoms with E-state index in [-0.39, 0.29) is 34.1 Å². The molecule has 1 aliphatic carbocycles. The Morgan fingerprint density at radius 2 is 1.71 bits per heavy atom. The van der Waals surface area contributed by atoms with Crippen molar-refractivity contribution in [3.05, 3.63) is 58.1 Å². The van der Waals surface area contributed by atoms with Gasteiger partial charge in [0, 0.05) is 16.8 Å². The van der Waals surface area contributed by atoms with Gasteiger partial charge in [0.1, 0.15) is 5.60 Å². The molecule has 1 amide bonds. The molecule has 146 valence electrons. The van der Waals surface area contributed by atoms with Gasteiger partial charge >= 0.3 is 6.09 Å². The van der Waals surface area contributed by atoms with Crippen LogP contribution in [-0.4, -0.2) is 23.3 Å². The van der Waals surface area contributed by atoms with Gasteiger partial charge in [0.2, 0.25) is 0 Å². The highest BCUT2D eigenvalue weighted by atomic mass is 16.6. The number of ketones is 2. The Morgan fingerprint density at radius 1 is 1.04 bits per heavy atom. The van der Waals surface area contributed by atoms with Crippen LogP contribution in [0, 0.1) is 0 Å². The summed E-state index contributed by atoms with van der Waals surface area (Å²) in [7, 11) is 0. The number of hydrogen-bond donors (Lipinski definition) is 2. The predicted molar refractivity (Wildman–Crippen MR) is 108 cm³/mol. The number of carbonyl (C=O) groups excluding carboxylic acids is 3. The van der Waals surface area contributed by atoms with Crippen molar-refractivity contribution in [3.8, 4) is 0 Å². The monoisotopic (exact) mass is 380 g/mol. The van der Waals surface area contributed by atoms with Crippen molar-refractivity contribution in [3.63, 3.8) is 0 Å². The van der Waals surface area contributed by atoms with Crippen LogP contribution in [-0.2, 0) is 11.2 Å². The average Bonchev–Trinajstić information content (AvgIpc) is 2.59. The summed E-state index contributed by atoms with van der Waals surface area (Å²) in [6.45, 7) is 7.27. The number of hydrogen-bond acceptors (Lipinski definition) is 5. The maximum atomic E-state index is 13.2. The largest absolute Gasteiger partial charge is 0.444 e. The van der Waals surface area contributed by atoms with Crippen molar-refractivity contribution in [2.45, 2.75) is 46.1 Å². The van der Waals surface area contributed by atoms with Crippen molar-refractivity contribution >= 4 is 29.0 Å². The maximum absolute atomic E-state index is 13.2. The molecule has 2 aromatic carbocycles. The molecule has 28 heavy (non-hydrogen) atoms. The number of rotatable bonds is 3. The number of amides is 1. The summed E-state index contributed by atoms with van der Waals surface area (Å²) in [5, 5.41) is 2.59. The molecular formula is C22H24N2O4. The number of nitrogens with two attached hydrogens (primary N) is 1. The second-order valence-corrected chi connectivity index (χ2v) is 7.87. The first-order valence-corrected chi connectivity index (χ1v) is 9.27. The van der Waals surface area contributed by atoms with Crippen LogP contribution in [0.1, 0.15) is 71.5 Å². The minimum absolute atomic E-state index is 0.108. The molecule has 0 bridgehead atoms. The highest BCUT2D eigenvalue weighted by Gasteiger charge is 2.34. The lowest BCUT2D eigenvalue weighted by atomic mass is 9.81. The number of fused-ring (bicyclic) bond motifs is 2. The Labute approximate surface area is 164 Å². The van der Waals surface area contributed by atoms with Gasteiger partial charge in [-0.25, -0.2) is 4.79 Å². The minimum Gasteiger partial charge on any atom is -0.444 e. The highest BCUT2D eigenvalue weighted by Crippen LogP contribution is 2.36.